The van der Waals surface area contributed by atoms with Gasteiger partial charge in [0.2, 0.25) is 11.9 Å². The van der Waals surface area contributed by atoms with E-state index >= 15 is 0 Å². The number of nitrogen functional groups attached to an aromatic ring is 1. The summed E-state index contributed by atoms with van der Waals surface area (Å²) in [5.41, 5.74) is 6.94. The first-order valence-electron chi connectivity index (χ1n) is 5.50. The van der Waals surface area contributed by atoms with E-state index in [0.717, 1.165) is 6.20 Å². The molecule has 1 saturated heterocycles. The second-order valence-corrected chi connectivity index (χ2v) is 4.61. The van der Waals surface area contributed by atoms with Crippen molar-refractivity contribution in [2.75, 3.05) is 23.4 Å². The SMILES string of the molecule is CC1(C(N)=O)CCN(c2nc(NN)ncc2F)C1. The summed E-state index contributed by atoms with van der Waals surface area (Å²) in [7, 11) is 0. The maximum absolute atomic E-state index is 13.7. The zero-order valence-corrected chi connectivity index (χ0v) is 9.98. The third-order valence-electron chi connectivity index (χ3n) is 3.22. The molecule has 0 saturated carbocycles. The number of amides is 1. The van der Waals surface area contributed by atoms with E-state index in [1.54, 1.807) is 11.8 Å². The lowest BCUT2D eigenvalue weighted by Gasteiger charge is -2.22. The standard InChI is InChI=1S/C10H15FN6O/c1-10(8(12)18)2-3-17(5-10)7-6(11)4-14-9(15-7)16-13/h4H,2-3,5,13H2,1H3,(H2,12,18)(H,14,15,16). The van der Waals surface area contributed by atoms with Crippen LogP contribution in [0.25, 0.3) is 0 Å². The quantitative estimate of drug-likeness (QED) is 0.500. The Kier molecular flexibility index (Phi) is 3.04. The van der Waals surface area contributed by atoms with Crippen LogP contribution in [0.15, 0.2) is 6.20 Å². The molecule has 1 unspecified atom stereocenters. The van der Waals surface area contributed by atoms with Gasteiger partial charge in [0, 0.05) is 13.1 Å². The van der Waals surface area contributed by atoms with Crippen molar-refractivity contribution in [3.05, 3.63) is 12.0 Å². The topological polar surface area (TPSA) is 110 Å². The van der Waals surface area contributed by atoms with Gasteiger partial charge in [-0.1, -0.05) is 0 Å². The Morgan fingerprint density at radius 2 is 2.39 bits per heavy atom. The molecule has 1 aromatic heterocycles. The number of halogens is 1. The van der Waals surface area contributed by atoms with Crippen LogP contribution in [0.4, 0.5) is 16.2 Å². The highest BCUT2D eigenvalue weighted by molar-refractivity contribution is 5.82. The minimum Gasteiger partial charge on any atom is -0.369 e. The van der Waals surface area contributed by atoms with Gasteiger partial charge in [-0.2, -0.15) is 4.98 Å². The van der Waals surface area contributed by atoms with Gasteiger partial charge in [0.15, 0.2) is 11.6 Å². The number of primary amides is 1. The number of hydrazine groups is 1. The third-order valence-corrected chi connectivity index (χ3v) is 3.22. The Hall–Kier alpha value is -1.96. The lowest BCUT2D eigenvalue weighted by atomic mass is 9.89. The summed E-state index contributed by atoms with van der Waals surface area (Å²) in [6, 6.07) is 0. The molecule has 98 valence electrons. The average Bonchev–Trinajstić information content (AvgIpc) is 2.74. The van der Waals surface area contributed by atoms with Gasteiger partial charge in [0.05, 0.1) is 11.6 Å². The van der Waals surface area contributed by atoms with Gasteiger partial charge >= 0.3 is 0 Å². The number of carbonyl (C=O) groups excluding carboxylic acids is 1. The van der Waals surface area contributed by atoms with E-state index in [9.17, 15) is 9.18 Å². The molecule has 0 aliphatic carbocycles. The number of nitrogens with two attached hydrogens (primary N) is 2. The van der Waals surface area contributed by atoms with Crippen molar-refractivity contribution in [1.82, 2.24) is 9.97 Å². The minimum absolute atomic E-state index is 0.124. The smallest absolute Gasteiger partial charge is 0.239 e. The first kappa shape index (κ1) is 12.5. The van der Waals surface area contributed by atoms with E-state index in [2.05, 4.69) is 15.4 Å². The van der Waals surface area contributed by atoms with Crippen LogP contribution in [-0.2, 0) is 4.79 Å². The highest BCUT2D eigenvalue weighted by Crippen LogP contribution is 2.33. The number of anilines is 2. The molecule has 18 heavy (non-hydrogen) atoms. The maximum Gasteiger partial charge on any atom is 0.239 e. The fourth-order valence-corrected chi connectivity index (χ4v) is 1.99. The molecular formula is C10H15FN6O. The highest BCUT2D eigenvalue weighted by Gasteiger charge is 2.40. The fraction of sp³-hybridized carbons (Fsp3) is 0.500. The van der Waals surface area contributed by atoms with E-state index in [0.29, 0.717) is 19.5 Å². The van der Waals surface area contributed by atoms with E-state index in [1.165, 1.54) is 0 Å². The summed E-state index contributed by atoms with van der Waals surface area (Å²) < 4.78 is 13.7. The molecule has 7 nitrogen and oxygen atoms in total. The number of nitrogens with one attached hydrogen (secondary N) is 1. The summed E-state index contributed by atoms with van der Waals surface area (Å²) in [4.78, 5) is 20.6. The molecule has 2 rings (SSSR count). The Balaban J connectivity index is 2.26. The van der Waals surface area contributed by atoms with Crippen LogP contribution in [0.5, 0.6) is 0 Å². The van der Waals surface area contributed by atoms with Crippen molar-refractivity contribution in [3.63, 3.8) is 0 Å². The largest absolute Gasteiger partial charge is 0.369 e. The molecule has 1 aliphatic heterocycles. The summed E-state index contributed by atoms with van der Waals surface area (Å²) in [5.74, 6) is 4.49. The monoisotopic (exact) mass is 254 g/mol. The van der Waals surface area contributed by atoms with Crippen molar-refractivity contribution in [2.24, 2.45) is 17.0 Å². The van der Waals surface area contributed by atoms with Gasteiger partial charge in [-0.3, -0.25) is 10.2 Å². The van der Waals surface area contributed by atoms with E-state index in [1.807, 2.05) is 0 Å². The van der Waals surface area contributed by atoms with Crippen LogP contribution in [0, 0.1) is 11.2 Å². The van der Waals surface area contributed by atoms with Gasteiger partial charge in [0.1, 0.15) is 0 Å². The first-order chi connectivity index (χ1) is 8.46. The summed E-state index contributed by atoms with van der Waals surface area (Å²) in [5, 5.41) is 0. The zero-order chi connectivity index (χ0) is 13.3. The molecule has 0 radical (unpaired) electrons. The molecule has 0 aromatic carbocycles. The Morgan fingerprint density at radius 3 is 2.94 bits per heavy atom. The van der Waals surface area contributed by atoms with E-state index < -0.39 is 17.1 Å². The molecule has 8 heteroatoms. The number of nitrogens with zero attached hydrogens (tertiary/aromatic N) is 3. The Labute approximate surface area is 103 Å². The fourth-order valence-electron chi connectivity index (χ4n) is 1.99. The van der Waals surface area contributed by atoms with Gasteiger partial charge in [-0.25, -0.2) is 15.2 Å². The minimum atomic E-state index is -0.659. The van der Waals surface area contributed by atoms with E-state index in [4.69, 9.17) is 11.6 Å². The van der Waals surface area contributed by atoms with Gasteiger partial charge in [-0.05, 0) is 13.3 Å². The lowest BCUT2D eigenvalue weighted by molar-refractivity contribution is -0.125. The normalized spacial score (nSPS) is 23.2. The van der Waals surface area contributed by atoms with Gasteiger partial charge < -0.3 is 10.6 Å². The maximum atomic E-state index is 13.7. The van der Waals surface area contributed by atoms with Gasteiger partial charge in [0.25, 0.3) is 0 Å². The summed E-state index contributed by atoms with van der Waals surface area (Å²) >= 11 is 0. The van der Waals surface area contributed by atoms with Crippen LogP contribution in [0.1, 0.15) is 13.3 Å². The number of hydrogen-bond acceptors (Lipinski definition) is 6. The molecule has 1 atom stereocenters. The molecule has 1 aromatic rings. The van der Waals surface area contributed by atoms with Crippen molar-refractivity contribution >= 4 is 17.7 Å². The number of carbonyl (C=O) groups is 1. The van der Waals surface area contributed by atoms with Crippen molar-refractivity contribution in [2.45, 2.75) is 13.3 Å². The van der Waals surface area contributed by atoms with E-state index in [-0.39, 0.29) is 11.8 Å². The van der Waals surface area contributed by atoms with Crippen LogP contribution in [0.2, 0.25) is 0 Å². The molecular weight excluding hydrogens is 239 g/mol. The Morgan fingerprint density at radius 1 is 1.67 bits per heavy atom. The summed E-state index contributed by atoms with van der Waals surface area (Å²) in [6.07, 6.45) is 1.61. The second-order valence-electron chi connectivity index (χ2n) is 4.61. The number of aromatic nitrogens is 2. The van der Waals surface area contributed by atoms with Crippen LogP contribution in [0.3, 0.4) is 0 Å². The van der Waals surface area contributed by atoms with Gasteiger partial charge in [-0.15, -0.1) is 0 Å². The lowest BCUT2D eigenvalue weighted by Crippen LogP contribution is -2.37. The average molecular weight is 254 g/mol. The van der Waals surface area contributed by atoms with Crippen molar-refractivity contribution < 1.29 is 9.18 Å². The molecule has 0 bridgehead atoms. The predicted octanol–water partition coefficient (Wildman–Crippen LogP) is -0.397. The number of hydrogen-bond donors (Lipinski definition) is 3. The van der Waals surface area contributed by atoms with Crippen molar-refractivity contribution in [1.29, 1.82) is 0 Å². The molecule has 5 N–H and O–H groups in total. The molecule has 0 spiro atoms. The second kappa shape index (κ2) is 4.37. The molecule has 2 heterocycles. The zero-order valence-electron chi connectivity index (χ0n) is 9.98. The van der Waals surface area contributed by atoms with Crippen LogP contribution < -0.4 is 21.9 Å². The summed E-state index contributed by atoms with van der Waals surface area (Å²) in [6.45, 7) is 2.61. The molecule has 1 amide bonds. The highest BCUT2D eigenvalue weighted by atomic mass is 19.1. The van der Waals surface area contributed by atoms with Crippen LogP contribution in [-0.4, -0.2) is 29.0 Å². The third kappa shape index (κ3) is 2.06. The molecule has 1 fully saturated rings. The number of rotatable bonds is 3. The van der Waals surface area contributed by atoms with Crippen molar-refractivity contribution in [3.8, 4) is 0 Å². The Bertz CT molecular complexity index is 481. The van der Waals surface area contributed by atoms with Crippen LogP contribution >= 0.6 is 0 Å². The predicted molar refractivity (Wildman–Crippen MR) is 63.9 cm³/mol. The molecule has 1 aliphatic rings. The first-order valence-corrected chi connectivity index (χ1v) is 5.50.